The van der Waals surface area contributed by atoms with Gasteiger partial charge in [0.05, 0.1) is 18.5 Å². The van der Waals surface area contributed by atoms with Gasteiger partial charge in [0.15, 0.2) is 0 Å². The molecule has 1 rings (SSSR count). The number of aliphatic hydroxyl groups is 1. The van der Waals surface area contributed by atoms with Gasteiger partial charge in [-0.25, -0.2) is 8.42 Å². The van der Waals surface area contributed by atoms with Crippen LogP contribution >= 0.6 is 0 Å². The first-order valence-corrected chi connectivity index (χ1v) is 7.53. The largest absolute Gasteiger partial charge is 0.494 e. The normalized spacial score (nSPS) is 13.4. The Labute approximate surface area is 102 Å². The number of sulfone groups is 1. The molecular weight excluding hydrogens is 240 g/mol. The number of ether oxygens (including phenoxy) is 1. The van der Waals surface area contributed by atoms with Crippen molar-refractivity contribution < 1.29 is 18.3 Å². The Morgan fingerprint density at radius 1 is 1.41 bits per heavy atom. The lowest BCUT2D eigenvalue weighted by atomic mass is 10.1. The minimum absolute atomic E-state index is 0.128. The van der Waals surface area contributed by atoms with Crippen LogP contribution in [0, 0.1) is 0 Å². The lowest BCUT2D eigenvalue weighted by Gasteiger charge is -2.09. The average Bonchev–Trinajstić information content (AvgIpc) is 2.23. The lowest BCUT2D eigenvalue weighted by molar-refractivity contribution is 0.198. The summed E-state index contributed by atoms with van der Waals surface area (Å²) >= 11 is 0. The van der Waals surface area contributed by atoms with E-state index in [1.54, 1.807) is 25.1 Å². The average molecular weight is 258 g/mol. The van der Waals surface area contributed by atoms with Crippen molar-refractivity contribution in [3.63, 3.8) is 0 Å². The van der Waals surface area contributed by atoms with Gasteiger partial charge < -0.3 is 9.84 Å². The summed E-state index contributed by atoms with van der Waals surface area (Å²) in [5.74, 6) is 0.778. The zero-order valence-corrected chi connectivity index (χ0v) is 10.9. The maximum atomic E-state index is 10.9. The molecule has 0 saturated carbocycles. The molecule has 0 aliphatic carbocycles. The Morgan fingerprint density at radius 3 is 2.71 bits per heavy atom. The molecule has 0 unspecified atom stereocenters. The second-order valence-corrected chi connectivity index (χ2v) is 6.34. The Hall–Kier alpha value is -1.07. The van der Waals surface area contributed by atoms with E-state index in [0.717, 1.165) is 5.56 Å². The molecule has 0 amide bonds. The van der Waals surface area contributed by atoms with Gasteiger partial charge >= 0.3 is 0 Å². The number of rotatable bonds is 6. The van der Waals surface area contributed by atoms with E-state index in [9.17, 15) is 13.5 Å². The molecule has 0 aliphatic heterocycles. The molecule has 0 spiro atoms. The number of aliphatic hydroxyl groups excluding tert-OH is 1. The number of hydrogen-bond acceptors (Lipinski definition) is 4. The van der Waals surface area contributed by atoms with E-state index in [1.807, 2.05) is 6.07 Å². The van der Waals surface area contributed by atoms with Crippen LogP contribution in [0.2, 0.25) is 0 Å². The maximum Gasteiger partial charge on any atom is 0.147 e. The van der Waals surface area contributed by atoms with E-state index in [-0.39, 0.29) is 5.75 Å². The van der Waals surface area contributed by atoms with Crippen LogP contribution in [0.4, 0.5) is 0 Å². The SMILES string of the molecule is C[C@@H](O)c1cccc(OCCCS(C)(=O)=O)c1. The van der Waals surface area contributed by atoms with Crippen molar-refractivity contribution in [2.45, 2.75) is 19.4 Å². The molecule has 0 aromatic heterocycles. The molecular formula is C12H18O4S. The van der Waals surface area contributed by atoms with Gasteiger partial charge in [-0.05, 0) is 31.0 Å². The van der Waals surface area contributed by atoms with E-state index in [4.69, 9.17) is 4.74 Å². The molecule has 1 aromatic rings. The fourth-order valence-corrected chi connectivity index (χ4v) is 2.02. The fourth-order valence-electron chi connectivity index (χ4n) is 1.38. The van der Waals surface area contributed by atoms with Gasteiger partial charge in [0.1, 0.15) is 15.6 Å². The number of benzene rings is 1. The first-order valence-electron chi connectivity index (χ1n) is 5.47. The zero-order chi connectivity index (χ0) is 12.9. The Kier molecular flexibility index (Phi) is 4.96. The molecule has 0 fully saturated rings. The van der Waals surface area contributed by atoms with E-state index in [0.29, 0.717) is 18.8 Å². The first kappa shape index (κ1) is 14.0. The van der Waals surface area contributed by atoms with Crippen LogP contribution in [0.25, 0.3) is 0 Å². The molecule has 0 saturated heterocycles. The van der Waals surface area contributed by atoms with Crippen molar-refractivity contribution in [1.82, 2.24) is 0 Å². The van der Waals surface area contributed by atoms with Gasteiger partial charge in [-0.1, -0.05) is 12.1 Å². The van der Waals surface area contributed by atoms with Gasteiger partial charge in [0.25, 0.3) is 0 Å². The van der Waals surface area contributed by atoms with Gasteiger partial charge in [-0.2, -0.15) is 0 Å². The van der Waals surface area contributed by atoms with Gasteiger partial charge in [-0.3, -0.25) is 0 Å². The van der Waals surface area contributed by atoms with Crippen molar-refractivity contribution in [2.24, 2.45) is 0 Å². The highest BCUT2D eigenvalue weighted by Crippen LogP contribution is 2.18. The van der Waals surface area contributed by atoms with E-state index in [2.05, 4.69) is 0 Å². The van der Waals surface area contributed by atoms with Crippen molar-refractivity contribution >= 4 is 9.84 Å². The number of hydrogen-bond donors (Lipinski definition) is 1. The van der Waals surface area contributed by atoms with Crippen LogP contribution < -0.4 is 4.74 Å². The summed E-state index contributed by atoms with van der Waals surface area (Å²) in [4.78, 5) is 0. The summed E-state index contributed by atoms with van der Waals surface area (Å²) in [7, 11) is -2.92. The van der Waals surface area contributed by atoms with Crippen LogP contribution in [0.3, 0.4) is 0 Å². The fraction of sp³-hybridized carbons (Fsp3) is 0.500. The summed E-state index contributed by atoms with van der Waals surface area (Å²) in [5.41, 5.74) is 0.783. The minimum atomic E-state index is -2.92. The molecule has 0 heterocycles. The molecule has 0 radical (unpaired) electrons. The molecule has 1 atom stereocenters. The Balaban J connectivity index is 2.44. The topological polar surface area (TPSA) is 63.6 Å². The second-order valence-electron chi connectivity index (χ2n) is 4.08. The molecule has 4 nitrogen and oxygen atoms in total. The molecule has 5 heteroatoms. The summed E-state index contributed by atoms with van der Waals surface area (Å²) in [6.45, 7) is 2.04. The second kappa shape index (κ2) is 6.02. The molecule has 1 N–H and O–H groups in total. The predicted octanol–water partition coefficient (Wildman–Crippen LogP) is 1.55. The highest BCUT2D eigenvalue weighted by atomic mass is 32.2. The zero-order valence-electron chi connectivity index (χ0n) is 10.1. The Bertz CT molecular complexity index is 451. The lowest BCUT2D eigenvalue weighted by Crippen LogP contribution is -2.08. The van der Waals surface area contributed by atoms with E-state index < -0.39 is 15.9 Å². The first-order chi connectivity index (χ1) is 7.88. The Morgan fingerprint density at radius 2 is 2.12 bits per heavy atom. The quantitative estimate of drug-likeness (QED) is 0.786. The van der Waals surface area contributed by atoms with Crippen LogP contribution in [-0.4, -0.2) is 32.1 Å². The monoisotopic (exact) mass is 258 g/mol. The highest BCUT2D eigenvalue weighted by Gasteiger charge is 2.04. The molecule has 0 bridgehead atoms. The van der Waals surface area contributed by atoms with Crippen molar-refractivity contribution in [3.8, 4) is 5.75 Å². The van der Waals surface area contributed by atoms with Crippen molar-refractivity contribution in [3.05, 3.63) is 29.8 Å². The molecule has 96 valence electrons. The van der Waals surface area contributed by atoms with Crippen LogP contribution in [0.1, 0.15) is 25.0 Å². The molecule has 0 aliphatic rings. The molecule has 1 aromatic carbocycles. The van der Waals surface area contributed by atoms with Crippen LogP contribution in [0.5, 0.6) is 5.75 Å². The third-order valence-electron chi connectivity index (χ3n) is 2.27. The third-order valence-corrected chi connectivity index (χ3v) is 3.30. The van der Waals surface area contributed by atoms with Gasteiger partial charge in [-0.15, -0.1) is 0 Å². The van der Waals surface area contributed by atoms with Crippen LogP contribution in [-0.2, 0) is 9.84 Å². The van der Waals surface area contributed by atoms with E-state index in [1.165, 1.54) is 6.26 Å². The predicted molar refractivity (Wildman–Crippen MR) is 66.9 cm³/mol. The van der Waals surface area contributed by atoms with E-state index >= 15 is 0 Å². The highest BCUT2D eigenvalue weighted by molar-refractivity contribution is 7.90. The summed E-state index contributed by atoms with van der Waals surface area (Å²) in [5, 5.41) is 9.39. The standard InChI is InChI=1S/C12H18O4S/c1-10(13)11-5-3-6-12(9-11)16-7-4-8-17(2,14)15/h3,5-6,9-10,13H,4,7-8H2,1-2H3/t10-/m1/s1. The van der Waals surface area contributed by atoms with Crippen molar-refractivity contribution in [2.75, 3.05) is 18.6 Å². The van der Waals surface area contributed by atoms with Gasteiger partial charge in [0.2, 0.25) is 0 Å². The van der Waals surface area contributed by atoms with Crippen LogP contribution in [0.15, 0.2) is 24.3 Å². The summed E-state index contributed by atoms with van der Waals surface area (Å²) < 4.78 is 27.2. The summed E-state index contributed by atoms with van der Waals surface area (Å²) in [6.07, 6.45) is 1.15. The smallest absolute Gasteiger partial charge is 0.147 e. The summed E-state index contributed by atoms with van der Waals surface area (Å²) in [6, 6.07) is 7.15. The minimum Gasteiger partial charge on any atom is -0.494 e. The van der Waals surface area contributed by atoms with Crippen molar-refractivity contribution in [1.29, 1.82) is 0 Å². The van der Waals surface area contributed by atoms with Gasteiger partial charge in [0, 0.05) is 6.26 Å². The maximum absolute atomic E-state index is 10.9. The third kappa shape index (κ3) is 5.70. The molecule has 17 heavy (non-hydrogen) atoms.